The van der Waals surface area contributed by atoms with E-state index >= 15 is 0 Å². The van der Waals surface area contributed by atoms with E-state index in [0.717, 1.165) is 0 Å². The number of imidazole rings is 1. The highest BCUT2D eigenvalue weighted by Crippen LogP contribution is 2.21. The fourth-order valence-electron chi connectivity index (χ4n) is 2.06. The lowest BCUT2D eigenvalue weighted by Crippen LogP contribution is -2.37. The molecule has 1 saturated heterocycles. The number of nitrogens with one attached hydrogen (secondary N) is 3. The van der Waals surface area contributed by atoms with Crippen molar-refractivity contribution in [3.05, 3.63) is 16.7 Å². The summed E-state index contributed by atoms with van der Waals surface area (Å²) in [6, 6.07) is 0. The normalized spacial score (nSPS) is 29.9. The fraction of sp³-hybridized carbons (Fsp3) is 0.500. The van der Waals surface area contributed by atoms with Gasteiger partial charge >= 0.3 is 0 Å². The summed E-state index contributed by atoms with van der Waals surface area (Å²) in [6.07, 6.45) is -3.04. The molecule has 1 fully saturated rings. The SMILES string of the molecule is O=c1[nH]c(N[C@H]2O[C@@H](CO)[C@H](O)[C@@H]2O)nc2nc[nH]c12. The molecular weight excluding hydrogens is 270 g/mol. The van der Waals surface area contributed by atoms with Crippen LogP contribution in [0, 0.1) is 0 Å². The number of aliphatic hydroxyl groups is 3. The van der Waals surface area contributed by atoms with Gasteiger partial charge in [-0.1, -0.05) is 0 Å². The van der Waals surface area contributed by atoms with Gasteiger partial charge in [0.25, 0.3) is 5.56 Å². The molecule has 2 aromatic rings. The highest BCUT2D eigenvalue weighted by molar-refractivity contribution is 5.69. The van der Waals surface area contributed by atoms with Gasteiger partial charge in [-0.05, 0) is 0 Å². The summed E-state index contributed by atoms with van der Waals surface area (Å²) in [6.45, 7) is -0.432. The van der Waals surface area contributed by atoms with Crippen LogP contribution in [-0.4, -0.2) is 66.4 Å². The second-order valence-electron chi connectivity index (χ2n) is 4.42. The van der Waals surface area contributed by atoms with Crippen LogP contribution in [0.15, 0.2) is 11.1 Å². The van der Waals surface area contributed by atoms with Gasteiger partial charge in [-0.2, -0.15) is 4.98 Å². The van der Waals surface area contributed by atoms with Gasteiger partial charge in [-0.15, -0.1) is 0 Å². The lowest BCUT2D eigenvalue weighted by atomic mass is 10.1. The quantitative estimate of drug-likeness (QED) is 0.361. The minimum Gasteiger partial charge on any atom is -0.394 e. The Bertz CT molecular complexity index is 669. The number of aliphatic hydroxyl groups excluding tert-OH is 3. The molecule has 10 nitrogen and oxygen atoms in total. The van der Waals surface area contributed by atoms with Gasteiger partial charge in [-0.25, -0.2) is 4.98 Å². The molecule has 1 aliphatic heterocycles. The van der Waals surface area contributed by atoms with E-state index in [-0.39, 0.29) is 17.1 Å². The van der Waals surface area contributed by atoms with Crippen molar-refractivity contribution in [1.29, 1.82) is 0 Å². The molecule has 20 heavy (non-hydrogen) atoms. The highest BCUT2D eigenvalue weighted by atomic mass is 16.6. The van der Waals surface area contributed by atoms with Gasteiger partial charge in [0.05, 0.1) is 12.9 Å². The molecule has 0 radical (unpaired) electrons. The Labute approximate surface area is 111 Å². The Kier molecular flexibility index (Phi) is 3.14. The second-order valence-corrected chi connectivity index (χ2v) is 4.42. The molecule has 4 atom stereocenters. The number of rotatable bonds is 3. The first kappa shape index (κ1) is 13.0. The number of H-pyrrole nitrogens is 2. The molecule has 6 N–H and O–H groups in total. The summed E-state index contributed by atoms with van der Waals surface area (Å²) in [5, 5.41) is 31.0. The van der Waals surface area contributed by atoms with E-state index < -0.39 is 36.7 Å². The number of nitrogens with zero attached hydrogens (tertiary/aromatic N) is 2. The fourth-order valence-corrected chi connectivity index (χ4v) is 2.06. The minimum absolute atomic E-state index is 0.0458. The number of hydrogen-bond donors (Lipinski definition) is 6. The lowest BCUT2D eigenvalue weighted by molar-refractivity contribution is -0.0154. The molecule has 10 heteroatoms. The van der Waals surface area contributed by atoms with Gasteiger partial charge < -0.3 is 30.4 Å². The monoisotopic (exact) mass is 283 g/mol. The van der Waals surface area contributed by atoms with Gasteiger partial charge in [0, 0.05) is 0 Å². The van der Waals surface area contributed by atoms with Crippen LogP contribution in [0.25, 0.3) is 11.2 Å². The van der Waals surface area contributed by atoms with Crippen LogP contribution >= 0.6 is 0 Å². The molecule has 0 saturated carbocycles. The lowest BCUT2D eigenvalue weighted by Gasteiger charge is -2.16. The summed E-state index contributed by atoms with van der Waals surface area (Å²) in [4.78, 5) is 24.7. The molecule has 0 aliphatic carbocycles. The zero-order valence-electron chi connectivity index (χ0n) is 10.1. The van der Waals surface area contributed by atoms with Crippen LogP contribution in [0.5, 0.6) is 0 Å². The first-order valence-corrected chi connectivity index (χ1v) is 5.92. The van der Waals surface area contributed by atoms with E-state index in [1.54, 1.807) is 0 Å². The highest BCUT2D eigenvalue weighted by Gasteiger charge is 2.42. The number of aromatic nitrogens is 4. The summed E-state index contributed by atoms with van der Waals surface area (Å²) < 4.78 is 5.22. The van der Waals surface area contributed by atoms with Crippen LogP contribution in [0.2, 0.25) is 0 Å². The second kappa shape index (κ2) is 4.83. The minimum atomic E-state index is -1.26. The summed E-state index contributed by atoms with van der Waals surface area (Å²) >= 11 is 0. The molecule has 3 rings (SSSR count). The van der Waals surface area contributed by atoms with E-state index in [9.17, 15) is 15.0 Å². The Hall–Kier alpha value is -2.01. The van der Waals surface area contributed by atoms with E-state index in [4.69, 9.17) is 9.84 Å². The molecule has 3 heterocycles. The van der Waals surface area contributed by atoms with Crippen molar-refractivity contribution in [1.82, 2.24) is 19.9 Å². The Morgan fingerprint density at radius 2 is 2.20 bits per heavy atom. The van der Waals surface area contributed by atoms with Crippen LogP contribution in [0.3, 0.4) is 0 Å². The summed E-state index contributed by atoms with van der Waals surface area (Å²) in [7, 11) is 0. The maximum atomic E-state index is 11.7. The van der Waals surface area contributed by atoms with Gasteiger partial charge in [-0.3, -0.25) is 9.78 Å². The van der Waals surface area contributed by atoms with Crippen LogP contribution < -0.4 is 10.9 Å². The third-order valence-corrected chi connectivity index (χ3v) is 3.12. The van der Waals surface area contributed by atoms with Crippen LogP contribution in [0.1, 0.15) is 0 Å². The number of ether oxygens (including phenoxy) is 1. The Morgan fingerprint density at radius 1 is 1.40 bits per heavy atom. The van der Waals surface area contributed by atoms with Gasteiger partial charge in [0.15, 0.2) is 17.4 Å². The molecule has 108 valence electrons. The smallest absolute Gasteiger partial charge is 0.278 e. The van der Waals surface area contributed by atoms with E-state index in [1.807, 2.05) is 0 Å². The molecule has 0 spiro atoms. The predicted molar refractivity (Wildman–Crippen MR) is 65.9 cm³/mol. The Morgan fingerprint density at radius 3 is 2.90 bits per heavy atom. The van der Waals surface area contributed by atoms with Crippen molar-refractivity contribution < 1.29 is 20.1 Å². The van der Waals surface area contributed by atoms with Crippen molar-refractivity contribution in [2.75, 3.05) is 11.9 Å². The van der Waals surface area contributed by atoms with Crippen LogP contribution in [-0.2, 0) is 4.74 Å². The van der Waals surface area contributed by atoms with Crippen molar-refractivity contribution in [3.8, 4) is 0 Å². The third kappa shape index (κ3) is 2.04. The molecule has 1 aliphatic rings. The zero-order valence-corrected chi connectivity index (χ0v) is 10.1. The van der Waals surface area contributed by atoms with Gasteiger partial charge in [0.1, 0.15) is 18.3 Å². The molecular formula is C10H13N5O5. The zero-order chi connectivity index (χ0) is 14.3. The first-order chi connectivity index (χ1) is 9.60. The third-order valence-electron chi connectivity index (χ3n) is 3.12. The van der Waals surface area contributed by atoms with Crippen LogP contribution in [0.4, 0.5) is 5.95 Å². The topological polar surface area (TPSA) is 156 Å². The molecule has 0 unspecified atom stereocenters. The van der Waals surface area contributed by atoms with E-state index in [2.05, 4.69) is 25.3 Å². The average Bonchev–Trinajstić information content (AvgIpc) is 2.99. The summed E-state index contributed by atoms with van der Waals surface area (Å²) in [5.74, 6) is 0.0458. The summed E-state index contributed by atoms with van der Waals surface area (Å²) in [5.41, 5.74) is 0.0152. The number of anilines is 1. The largest absolute Gasteiger partial charge is 0.394 e. The van der Waals surface area contributed by atoms with Crippen molar-refractivity contribution >= 4 is 17.1 Å². The van der Waals surface area contributed by atoms with Crippen molar-refractivity contribution in [2.24, 2.45) is 0 Å². The standard InChI is InChI=1S/C10H13N5O5/c16-1-3-5(17)6(18)9(20-3)15-10-13-7-4(8(19)14-10)11-2-12-7/h2-3,5-6,9,16-18H,1H2,(H3,11,12,13,14,15,19)/t3-,5-,6-,9-/m0/s1. The number of aromatic amines is 2. The maximum absolute atomic E-state index is 11.7. The number of hydrogen-bond acceptors (Lipinski definition) is 8. The van der Waals surface area contributed by atoms with E-state index in [0.29, 0.717) is 0 Å². The van der Waals surface area contributed by atoms with Crippen molar-refractivity contribution in [2.45, 2.75) is 24.5 Å². The molecule has 0 bridgehead atoms. The molecule has 0 amide bonds. The first-order valence-electron chi connectivity index (χ1n) is 5.92. The van der Waals surface area contributed by atoms with Crippen molar-refractivity contribution in [3.63, 3.8) is 0 Å². The number of fused-ring (bicyclic) bond motifs is 1. The van der Waals surface area contributed by atoms with E-state index in [1.165, 1.54) is 6.33 Å². The molecule has 0 aromatic carbocycles. The Balaban J connectivity index is 1.84. The maximum Gasteiger partial charge on any atom is 0.278 e. The van der Waals surface area contributed by atoms with Gasteiger partial charge in [0.2, 0.25) is 5.95 Å². The molecule has 2 aromatic heterocycles. The predicted octanol–water partition coefficient (Wildman–Crippen LogP) is -2.50. The average molecular weight is 283 g/mol.